The molecular weight excluding hydrogens is 371 g/mol. The number of pyridine rings is 1. The summed E-state index contributed by atoms with van der Waals surface area (Å²) in [6.45, 7) is 3.16. The molecule has 2 aromatic carbocycles. The number of benzene rings is 2. The highest BCUT2D eigenvalue weighted by atomic mass is 35.5. The molecule has 1 aliphatic rings. The smallest absolute Gasteiger partial charge is 0.123 e. The maximum absolute atomic E-state index is 13.8. The highest BCUT2D eigenvalue weighted by Crippen LogP contribution is 2.39. The summed E-state index contributed by atoms with van der Waals surface area (Å²) in [4.78, 5) is 4.39. The van der Waals surface area contributed by atoms with E-state index in [9.17, 15) is 4.39 Å². The van der Waals surface area contributed by atoms with E-state index in [0.29, 0.717) is 17.9 Å². The van der Waals surface area contributed by atoms with Crippen LogP contribution in [-0.4, -0.2) is 11.0 Å². The van der Waals surface area contributed by atoms with Crippen LogP contribution in [0, 0.1) is 11.7 Å². The Morgan fingerprint density at radius 1 is 1.07 bits per heavy atom. The number of hydrogen-bond acceptors (Lipinski definition) is 2. The van der Waals surface area contributed by atoms with Gasteiger partial charge in [-0.25, -0.2) is 4.39 Å². The van der Waals surface area contributed by atoms with Gasteiger partial charge in [0.15, 0.2) is 0 Å². The van der Waals surface area contributed by atoms with Gasteiger partial charge in [0.1, 0.15) is 5.82 Å². The average molecular weight is 397 g/mol. The fourth-order valence-corrected chi connectivity index (χ4v) is 4.60. The number of aromatic nitrogens is 1. The maximum atomic E-state index is 13.8. The fourth-order valence-electron chi connectivity index (χ4n) is 4.47. The van der Waals surface area contributed by atoms with Crippen LogP contribution in [0.3, 0.4) is 0 Å². The van der Waals surface area contributed by atoms with Crippen LogP contribution in [0.5, 0.6) is 0 Å². The van der Waals surface area contributed by atoms with E-state index < -0.39 is 0 Å². The van der Waals surface area contributed by atoms with Crippen molar-refractivity contribution in [3.05, 3.63) is 76.7 Å². The summed E-state index contributed by atoms with van der Waals surface area (Å²) in [5.41, 5.74) is 3.40. The largest absolute Gasteiger partial charge is 0.310 e. The topological polar surface area (TPSA) is 24.9 Å². The summed E-state index contributed by atoms with van der Waals surface area (Å²) < 4.78 is 13.8. The van der Waals surface area contributed by atoms with Gasteiger partial charge in [0.05, 0.1) is 5.52 Å². The van der Waals surface area contributed by atoms with Gasteiger partial charge < -0.3 is 5.32 Å². The van der Waals surface area contributed by atoms with Gasteiger partial charge in [-0.15, -0.1) is 0 Å². The van der Waals surface area contributed by atoms with Crippen LogP contribution >= 0.6 is 11.6 Å². The molecule has 1 atom stereocenters. The molecule has 1 aromatic heterocycles. The second kappa shape index (κ2) is 8.59. The zero-order valence-electron chi connectivity index (χ0n) is 16.2. The minimum absolute atomic E-state index is 0.185. The average Bonchev–Trinajstić information content (AvgIpc) is 2.73. The number of fused-ring (bicyclic) bond motifs is 1. The molecule has 4 heteroatoms. The molecule has 1 aliphatic carbocycles. The van der Waals surface area contributed by atoms with Crippen LogP contribution in [-0.2, 0) is 6.54 Å². The van der Waals surface area contributed by atoms with Gasteiger partial charge in [0.25, 0.3) is 0 Å². The summed E-state index contributed by atoms with van der Waals surface area (Å²) in [6.07, 6.45) is 6.54. The second-order valence-electron chi connectivity index (χ2n) is 7.97. The Hall–Kier alpha value is -1.97. The minimum atomic E-state index is -0.185. The number of nitrogens with zero attached hydrogens (tertiary/aromatic N) is 1. The van der Waals surface area contributed by atoms with Crippen molar-refractivity contribution in [1.82, 2.24) is 10.3 Å². The molecule has 1 saturated carbocycles. The molecule has 4 rings (SSSR count). The molecule has 1 N–H and O–H groups in total. The summed E-state index contributed by atoms with van der Waals surface area (Å²) in [7, 11) is 0. The van der Waals surface area contributed by atoms with Crippen molar-refractivity contribution in [2.24, 2.45) is 5.92 Å². The van der Waals surface area contributed by atoms with E-state index in [2.05, 4.69) is 35.4 Å². The molecule has 28 heavy (non-hydrogen) atoms. The Morgan fingerprint density at radius 3 is 2.57 bits per heavy atom. The number of rotatable bonds is 5. The summed E-state index contributed by atoms with van der Waals surface area (Å²) in [5.74, 6) is 0.982. The van der Waals surface area contributed by atoms with E-state index >= 15 is 0 Å². The molecule has 0 spiro atoms. The van der Waals surface area contributed by atoms with Gasteiger partial charge in [0.2, 0.25) is 0 Å². The quantitative estimate of drug-likeness (QED) is 0.533. The Balaban J connectivity index is 1.37. The summed E-state index contributed by atoms with van der Waals surface area (Å²) >= 11 is 5.96. The molecule has 0 bridgehead atoms. The molecule has 1 fully saturated rings. The predicted octanol–water partition coefficient (Wildman–Crippen LogP) is 6.48. The van der Waals surface area contributed by atoms with E-state index in [4.69, 9.17) is 11.6 Å². The van der Waals surface area contributed by atoms with Crippen LogP contribution in [0.25, 0.3) is 10.9 Å². The van der Waals surface area contributed by atoms with Gasteiger partial charge in [0, 0.05) is 29.2 Å². The first-order chi connectivity index (χ1) is 13.6. The SMILES string of the molecule is C[C@@H](NCc1ccc(Cl)cc1)C1CCC(c2ccnc3ccc(F)cc23)CC1. The zero-order chi connectivity index (χ0) is 19.5. The number of hydrogen-bond donors (Lipinski definition) is 1. The monoisotopic (exact) mass is 396 g/mol. The Morgan fingerprint density at radius 2 is 1.82 bits per heavy atom. The van der Waals surface area contributed by atoms with Crippen molar-refractivity contribution in [3.63, 3.8) is 0 Å². The Labute approximate surface area is 171 Å². The molecule has 0 amide bonds. The lowest BCUT2D eigenvalue weighted by atomic mass is 9.75. The molecule has 0 aliphatic heterocycles. The van der Waals surface area contributed by atoms with Gasteiger partial charge in [-0.2, -0.15) is 0 Å². The second-order valence-corrected chi connectivity index (χ2v) is 8.41. The third kappa shape index (κ3) is 4.37. The van der Waals surface area contributed by atoms with E-state index in [-0.39, 0.29) is 5.82 Å². The third-order valence-corrected chi connectivity index (χ3v) is 6.45. The molecule has 0 unspecified atom stereocenters. The summed E-state index contributed by atoms with van der Waals surface area (Å²) in [5, 5.41) is 5.43. The van der Waals surface area contributed by atoms with Gasteiger partial charge in [-0.1, -0.05) is 23.7 Å². The van der Waals surface area contributed by atoms with E-state index in [0.717, 1.165) is 35.3 Å². The number of nitrogens with one attached hydrogen (secondary N) is 1. The lowest BCUT2D eigenvalue weighted by Gasteiger charge is -2.33. The van der Waals surface area contributed by atoms with Crippen molar-refractivity contribution >= 4 is 22.5 Å². The summed E-state index contributed by atoms with van der Waals surface area (Å²) in [6, 6.07) is 15.5. The Kier molecular flexibility index (Phi) is 5.93. The van der Waals surface area contributed by atoms with Gasteiger partial charge in [-0.3, -0.25) is 4.98 Å². The lowest BCUT2D eigenvalue weighted by molar-refractivity contribution is 0.262. The Bertz CT molecular complexity index is 933. The van der Waals surface area contributed by atoms with E-state index in [1.807, 2.05) is 18.3 Å². The van der Waals surface area contributed by atoms with Gasteiger partial charge in [-0.05, 0) is 92.0 Å². The van der Waals surface area contributed by atoms with E-state index in [1.165, 1.54) is 30.0 Å². The molecule has 1 heterocycles. The van der Waals surface area contributed by atoms with Crippen LogP contribution in [0.2, 0.25) is 5.02 Å². The highest BCUT2D eigenvalue weighted by molar-refractivity contribution is 6.30. The first-order valence-electron chi connectivity index (χ1n) is 10.1. The maximum Gasteiger partial charge on any atom is 0.123 e. The van der Waals surface area contributed by atoms with Crippen LogP contribution in [0.1, 0.15) is 49.7 Å². The molecule has 0 saturated heterocycles. The fraction of sp³-hybridized carbons (Fsp3) is 0.375. The van der Waals surface area contributed by atoms with Crippen molar-refractivity contribution in [1.29, 1.82) is 0 Å². The zero-order valence-corrected chi connectivity index (χ0v) is 16.9. The first kappa shape index (κ1) is 19.4. The minimum Gasteiger partial charge on any atom is -0.310 e. The molecule has 0 radical (unpaired) electrons. The lowest BCUT2D eigenvalue weighted by Crippen LogP contribution is -2.35. The van der Waals surface area contributed by atoms with Crippen molar-refractivity contribution in [2.75, 3.05) is 0 Å². The van der Waals surface area contributed by atoms with Crippen molar-refractivity contribution in [2.45, 2.75) is 51.1 Å². The molecule has 2 nitrogen and oxygen atoms in total. The van der Waals surface area contributed by atoms with Crippen LogP contribution in [0.15, 0.2) is 54.7 Å². The van der Waals surface area contributed by atoms with E-state index in [1.54, 1.807) is 12.1 Å². The molecule has 3 aromatic rings. The van der Waals surface area contributed by atoms with Crippen LogP contribution in [0.4, 0.5) is 4.39 Å². The normalized spacial score (nSPS) is 21.0. The third-order valence-electron chi connectivity index (χ3n) is 6.20. The molecular formula is C24H26ClFN2. The standard InChI is InChI=1S/C24H26ClFN2/c1-16(28-15-17-2-8-20(25)9-3-17)18-4-6-19(7-5-18)22-12-13-27-24-11-10-21(26)14-23(22)24/h2-3,8-14,16,18-19,28H,4-7,15H2,1H3/t16-,18?,19?/m1/s1. The first-order valence-corrected chi connectivity index (χ1v) is 10.5. The number of halogens is 2. The predicted molar refractivity (Wildman–Crippen MR) is 114 cm³/mol. The van der Waals surface area contributed by atoms with Crippen molar-refractivity contribution < 1.29 is 4.39 Å². The highest BCUT2D eigenvalue weighted by Gasteiger charge is 2.27. The van der Waals surface area contributed by atoms with Crippen LogP contribution < -0.4 is 5.32 Å². The van der Waals surface area contributed by atoms with Gasteiger partial charge >= 0.3 is 0 Å². The van der Waals surface area contributed by atoms with Crippen molar-refractivity contribution in [3.8, 4) is 0 Å². The molecule has 146 valence electrons.